The predicted octanol–water partition coefficient (Wildman–Crippen LogP) is 6.97. The highest BCUT2D eigenvalue weighted by Gasteiger charge is 2.31. The highest BCUT2D eigenvalue weighted by Crippen LogP contribution is 2.47. The Labute approximate surface area is 315 Å². The molecule has 0 spiro atoms. The minimum Gasteiger partial charge on any atom is -0.367 e. The number of amides is 1. The van der Waals surface area contributed by atoms with E-state index in [1.54, 1.807) is 6.07 Å². The molecule has 0 aliphatic carbocycles. The van der Waals surface area contributed by atoms with Crippen LogP contribution < -0.4 is 21.3 Å². The van der Waals surface area contributed by atoms with Crippen LogP contribution in [0.4, 0.5) is 24.7 Å². The van der Waals surface area contributed by atoms with Crippen LogP contribution in [0.3, 0.4) is 0 Å². The topological polar surface area (TPSA) is 128 Å². The Morgan fingerprint density at radius 1 is 1.13 bits per heavy atom. The average Bonchev–Trinajstić information content (AvgIpc) is 3.73. The van der Waals surface area contributed by atoms with Crippen molar-refractivity contribution in [3.8, 4) is 6.07 Å². The number of nitrogens with one attached hydrogen (secondary N) is 3. The summed E-state index contributed by atoms with van der Waals surface area (Å²) in [6.07, 6.45) is 0.757. The number of nitrogens with zero attached hydrogens (tertiary/aromatic N) is 5. The minimum absolute atomic E-state index is 0.139. The molecule has 0 bridgehead atoms. The second-order valence-corrected chi connectivity index (χ2v) is 18.4. The zero-order valence-electron chi connectivity index (χ0n) is 30.0. The summed E-state index contributed by atoms with van der Waals surface area (Å²) in [5.41, 5.74) is 5.43. The zero-order valence-corrected chi connectivity index (χ0v) is 31.7. The number of piperidine rings is 1. The fourth-order valence-electron chi connectivity index (χ4n) is 7.60. The predicted molar refractivity (Wildman–Crippen MR) is 209 cm³/mol. The number of halogens is 3. The molecule has 0 unspecified atom stereocenters. The normalized spacial score (nSPS) is 16.7. The van der Waals surface area contributed by atoms with Gasteiger partial charge in [-0.1, -0.05) is 18.7 Å². The van der Waals surface area contributed by atoms with E-state index in [4.69, 9.17) is 0 Å². The van der Waals surface area contributed by atoms with Gasteiger partial charge in [0.25, 0.3) is 0 Å². The monoisotopic (exact) mass is 774 g/mol. The maximum Gasteiger partial charge on any atom is 0.393 e. The number of hydrogen-bond acceptors (Lipinski definition) is 9. The lowest BCUT2D eigenvalue weighted by Crippen LogP contribution is -2.39. The van der Waals surface area contributed by atoms with Crippen LogP contribution in [-0.4, -0.2) is 76.1 Å². The van der Waals surface area contributed by atoms with Crippen molar-refractivity contribution in [3.05, 3.63) is 88.7 Å². The molecular weight excluding hydrogens is 733 g/mol. The minimum atomic E-state index is -4.27. The second-order valence-electron chi connectivity index (χ2n) is 14.1. The lowest BCUT2D eigenvalue weighted by molar-refractivity contribution is -0.126. The van der Waals surface area contributed by atoms with Crippen molar-refractivity contribution < 1.29 is 22.5 Å². The van der Waals surface area contributed by atoms with Gasteiger partial charge in [0, 0.05) is 78.7 Å². The van der Waals surface area contributed by atoms with Crippen molar-refractivity contribution >= 4 is 62.3 Å². The van der Waals surface area contributed by atoms with Gasteiger partial charge >= 0.3 is 6.18 Å². The van der Waals surface area contributed by atoms with E-state index in [0.717, 1.165) is 65.8 Å². The van der Waals surface area contributed by atoms with Crippen LogP contribution >= 0.6 is 18.5 Å². The maximum absolute atomic E-state index is 14.1. The molecule has 2 fully saturated rings. The first-order valence-corrected chi connectivity index (χ1v) is 21.0. The molecule has 2 aromatic carbocycles. The Hall–Kier alpha value is -4.54. The SMILES string of the molecule is C=CC(=O)Nc1ccc(CCn2c(C#N)cc3c(C)c(CN4CCC(Nc5ncnc6sc(CC(F)(F)F)cc56)CC4)ccc32)cc1P1(=O)CCNCC1. The Balaban J connectivity index is 1.02. The number of nitriles is 1. The van der Waals surface area contributed by atoms with Gasteiger partial charge < -0.3 is 25.1 Å². The summed E-state index contributed by atoms with van der Waals surface area (Å²) in [6.45, 7) is 9.99. The summed E-state index contributed by atoms with van der Waals surface area (Å²) in [5, 5.41) is 22.1. The molecule has 15 heteroatoms. The number of aromatic nitrogens is 3. The van der Waals surface area contributed by atoms with Crippen molar-refractivity contribution in [2.45, 2.75) is 57.9 Å². The van der Waals surface area contributed by atoms with Gasteiger partial charge in [0.1, 0.15) is 35.9 Å². The van der Waals surface area contributed by atoms with Crippen molar-refractivity contribution in [3.63, 3.8) is 0 Å². The van der Waals surface area contributed by atoms with E-state index in [2.05, 4.69) is 62.5 Å². The Bertz CT molecular complexity index is 2290. The number of anilines is 2. The Morgan fingerprint density at radius 3 is 2.63 bits per heavy atom. The molecule has 0 radical (unpaired) electrons. The standard InChI is InChI=1S/C39H42F3N8O2PS/c1-3-36(51)48-33-6-4-26(18-35(33)53(52)16-11-44-12-17-53)8-15-50-29(22-43)19-31-25(2)27(5-7-34(31)50)23-49-13-9-28(10-14-49)47-37-32-20-30(21-39(40,41)42)54-38(32)46-24-45-37/h3-7,18-20,24,28,44H,1,8-17,21,23H2,2H3,(H,48,51)(H,45,46,47). The maximum atomic E-state index is 14.1. The van der Waals surface area contributed by atoms with Crippen molar-refractivity contribution in [1.29, 1.82) is 5.26 Å². The van der Waals surface area contributed by atoms with E-state index in [1.165, 1.54) is 18.0 Å². The summed E-state index contributed by atoms with van der Waals surface area (Å²) < 4.78 is 55.1. The second kappa shape index (κ2) is 15.7. The fourth-order valence-corrected chi connectivity index (χ4v) is 11.3. The molecule has 1 amide bonds. The van der Waals surface area contributed by atoms with Crippen LogP contribution in [0.25, 0.3) is 21.1 Å². The summed E-state index contributed by atoms with van der Waals surface area (Å²) in [4.78, 5) is 23.9. The molecular formula is C39H42F3N8O2PS. The number of carbonyl (C=O) groups excluding carboxylic acids is 1. The molecule has 54 heavy (non-hydrogen) atoms. The highest BCUT2D eigenvalue weighted by molar-refractivity contribution is 7.72. The van der Waals surface area contributed by atoms with Crippen LogP contribution in [0.1, 0.15) is 40.1 Å². The third kappa shape index (κ3) is 8.25. The first-order chi connectivity index (χ1) is 25.9. The molecule has 5 heterocycles. The van der Waals surface area contributed by atoms with Gasteiger partial charge in [-0.25, -0.2) is 9.97 Å². The third-order valence-corrected chi connectivity index (χ3v) is 14.7. The number of benzene rings is 2. The van der Waals surface area contributed by atoms with E-state index < -0.39 is 19.7 Å². The number of alkyl halides is 3. The number of fused-ring (bicyclic) bond motifs is 2. The van der Waals surface area contributed by atoms with Crippen molar-refractivity contribution in [2.75, 3.05) is 49.1 Å². The largest absolute Gasteiger partial charge is 0.393 e. The van der Waals surface area contributed by atoms with Gasteiger partial charge in [-0.05, 0) is 79.3 Å². The van der Waals surface area contributed by atoms with Crippen LogP contribution in [-0.2, 0) is 35.3 Å². The van der Waals surface area contributed by atoms with Crippen LogP contribution in [0.5, 0.6) is 0 Å². The van der Waals surface area contributed by atoms with Gasteiger partial charge in [-0.15, -0.1) is 11.3 Å². The molecule has 7 rings (SSSR count). The Morgan fingerprint density at radius 2 is 1.91 bits per heavy atom. The van der Waals surface area contributed by atoms with Crippen LogP contribution in [0.2, 0.25) is 0 Å². The number of thiophene rings is 1. The number of carbonyl (C=O) groups is 1. The van der Waals surface area contributed by atoms with Crippen LogP contribution in [0, 0.1) is 18.3 Å². The zero-order chi connectivity index (χ0) is 38.0. The molecule has 2 aliphatic heterocycles. The van der Waals surface area contributed by atoms with E-state index in [-0.39, 0.29) is 16.8 Å². The van der Waals surface area contributed by atoms with Gasteiger partial charge in [0.05, 0.1) is 17.5 Å². The summed E-state index contributed by atoms with van der Waals surface area (Å²) in [5.74, 6) is 0.235. The lowest BCUT2D eigenvalue weighted by Gasteiger charge is -2.33. The van der Waals surface area contributed by atoms with E-state index >= 15 is 0 Å². The quantitative estimate of drug-likeness (QED) is 0.0971. The first kappa shape index (κ1) is 37.8. The van der Waals surface area contributed by atoms with E-state index in [0.29, 0.717) is 71.1 Å². The van der Waals surface area contributed by atoms with Crippen LogP contribution in [0.15, 0.2) is 61.4 Å². The fraction of sp³-hybridized carbons (Fsp3) is 0.385. The van der Waals surface area contributed by atoms with Gasteiger partial charge in [0.2, 0.25) is 5.91 Å². The van der Waals surface area contributed by atoms with Crippen molar-refractivity contribution in [2.24, 2.45) is 0 Å². The van der Waals surface area contributed by atoms with Crippen molar-refractivity contribution in [1.82, 2.24) is 24.8 Å². The summed E-state index contributed by atoms with van der Waals surface area (Å²) in [7, 11) is -2.71. The number of hydrogen-bond donors (Lipinski definition) is 3. The highest BCUT2D eigenvalue weighted by atomic mass is 32.1. The molecule has 2 aliphatic rings. The smallest absolute Gasteiger partial charge is 0.367 e. The lowest BCUT2D eigenvalue weighted by atomic mass is 10.0. The average molecular weight is 775 g/mol. The van der Waals surface area contributed by atoms with E-state index in [1.807, 2.05) is 28.8 Å². The molecule has 282 valence electrons. The number of likely N-dealkylation sites (tertiary alicyclic amines) is 1. The van der Waals surface area contributed by atoms with E-state index in [9.17, 15) is 27.8 Å². The summed E-state index contributed by atoms with van der Waals surface area (Å²) in [6, 6.07) is 16.0. The molecule has 2 saturated heterocycles. The van der Waals surface area contributed by atoms with Gasteiger partial charge in [0.15, 0.2) is 0 Å². The van der Waals surface area contributed by atoms with Gasteiger partial charge in [-0.2, -0.15) is 18.4 Å². The number of rotatable bonds is 11. The molecule has 10 nitrogen and oxygen atoms in total. The molecule has 0 saturated carbocycles. The molecule has 5 aromatic rings. The third-order valence-electron chi connectivity index (χ3n) is 10.5. The molecule has 3 N–H and O–H groups in total. The first-order valence-electron chi connectivity index (χ1n) is 18.1. The molecule has 0 atom stereocenters. The Kier molecular flexibility index (Phi) is 11.0. The summed E-state index contributed by atoms with van der Waals surface area (Å²) >= 11 is 1.05. The number of aryl methyl sites for hydroxylation is 3. The van der Waals surface area contributed by atoms with Gasteiger partial charge in [-0.3, -0.25) is 9.69 Å². The molecule has 3 aromatic heterocycles.